The number of hydrogen-bond acceptors (Lipinski definition) is 3. The van der Waals surface area contributed by atoms with Gasteiger partial charge in [-0.25, -0.2) is 4.98 Å². The number of carbonyl (C=O) groups excluding carboxylic acids is 1. The number of halogens is 1. The van der Waals surface area contributed by atoms with Crippen LogP contribution in [0, 0.1) is 5.92 Å². The van der Waals surface area contributed by atoms with Crippen LogP contribution in [0.15, 0.2) is 16.7 Å². The predicted octanol–water partition coefficient (Wildman–Crippen LogP) is 2.35. The third-order valence-electron chi connectivity index (χ3n) is 3.16. The number of nitrogen functional groups attached to an aromatic ring is 1. The fourth-order valence-corrected chi connectivity index (χ4v) is 2.51. The maximum Gasteiger partial charge on any atom is 0.255 e. The van der Waals surface area contributed by atoms with Gasteiger partial charge in [0.05, 0.1) is 5.56 Å². The lowest BCUT2D eigenvalue weighted by Gasteiger charge is -2.11. The third-order valence-corrected chi connectivity index (χ3v) is 3.59. The van der Waals surface area contributed by atoms with Crippen LogP contribution in [-0.2, 0) is 0 Å². The van der Waals surface area contributed by atoms with E-state index in [1.807, 2.05) is 0 Å². The van der Waals surface area contributed by atoms with Crippen LogP contribution in [0.25, 0.3) is 0 Å². The molecule has 1 amide bonds. The van der Waals surface area contributed by atoms with Crippen molar-refractivity contribution in [3.8, 4) is 0 Å². The molecule has 0 saturated heterocycles. The van der Waals surface area contributed by atoms with Gasteiger partial charge in [-0.3, -0.25) is 4.79 Å². The number of anilines is 1. The molecule has 1 fully saturated rings. The van der Waals surface area contributed by atoms with Crippen LogP contribution in [0.2, 0.25) is 0 Å². The van der Waals surface area contributed by atoms with E-state index in [2.05, 4.69) is 26.2 Å². The second kappa shape index (κ2) is 5.49. The summed E-state index contributed by atoms with van der Waals surface area (Å²) in [6.45, 7) is 0.741. The molecule has 0 radical (unpaired) electrons. The molecule has 0 spiro atoms. The lowest BCUT2D eigenvalue weighted by molar-refractivity contribution is 0.0948. The first-order valence-corrected chi connectivity index (χ1v) is 6.65. The zero-order chi connectivity index (χ0) is 12.3. The number of aromatic nitrogens is 1. The van der Waals surface area contributed by atoms with Gasteiger partial charge in [-0.1, -0.05) is 12.8 Å². The second-order valence-electron chi connectivity index (χ2n) is 4.45. The Balaban J connectivity index is 1.96. The van der Waals surface area contributed by atoms with Crippen LogP contribution in [0.1, 0.15) is 36.0 Å². The average molecular weight is 298 g/mol. The summed E-state index contributed by atoms with van der Waals surface area (Å²) in [5.41, 5.74) is 6.12. The van der Waals surface area contributed by atoms with E-state index in [0.717, 1.165) is 11.0 Å². The smallest absolute Gasteiger partial charge is 0.255 e. The molecule has 1 aliphatic carbocycles. The molecular formula is C12H16BrN3O. The van der Waals surface area contributed by atoms with Crippen LogP contribution < -0.4 is 11.1 Å². The van der Waals surface area contributed by atoms with Crippen LogP contribution in [0.3, 0.4) is 0 Å². The Labute approximate surface area is 109 Å². The van der Waals surface area contributed by atoms with Gasteiger partial charge >= 0.3 is 0 Å². The standard InChI is InChI=1S/C12H16BrN3O/c13-9-5-10(11(14)15-7-9)12(17)16-6-8-3-1-2-4-8/h5,7-8H,1-4,6H2,(H2,14,15)(H,16,17). The van der Waals surface area contributed by atoms with Gasteiger partial charge in [-0.05, 0) is 40.8 Å². The topological polar surface area (TPSA) is 68.0 Å². The molecule has 1 saturated carbocycles. The number of nitrogens with one attached hydrogen (secondary N) is 1. The molecule has 5 heteroatoms. The minimum Gasteiger partial charge on any atom is -0.383 e. The lowest BCUT2D eigenvalue weighted by atomic mass is 10.1. The highest BCUT2D eigenvalue weighted by Gasteiger charge is 2.17. The zero-order valence-corrected chi connectivity index (χ0v) is 11.2. The minimum atomic E-state index is -0.136. The highest BCUT2D eigenvalue weighted by Crippen LogP contribution is 2.24. The number of hydrogen-bond donors (Lipinski definition) is 2. The van der Waals surface area contributed by atoms with E-state index in [9.17, 15) is 4.79 Å². The lowest BCUT2D eigenvalue weighted by Crippen LogP contribution is -2.29. The first-order chi connectivity index (χ1) is 8.16. The van der Waals surface area contributed by atoms with Crippen molar-refractivity contribution in [1.82, 2.24) is 10.3 Å². The summed E-state index contributed by atoms with van der Waals surface area (Å²) >= 11 is 3.28. The molecule has 1 aliphatic rings. The van der Waals surface area contributed by atoms with Gasteiger partial charge in [0.1, 0.15) is 5.82 Å². The summed E-state index contributed by atoms with van der Waals surface area (Å²) in [5, 5.41) is 2.93. The van der Waals surface area contributed by atoms with Gasteiger partial charge < -0.3 is 11.1 Å². The first-order valence-electron chi connectivity index (χ1n) is 5.86. The summed E-state index contributed by atoms with van der Waals surface area (Å²) in [5.74, 6) is 0.764. The molecular weight excluding hydrogens is 282 g/mol. The van der Waals surface area contributed by atoms with Crippen molar-refractivity contribution in [3.05, 3.63) is 22.3 Å². The van der Waals surface area contributed by atoms with E-state index in [1.165, 1.54) is 25.7 Å². The molecule has 1 heterocycles. The SMILES string of the molecule is Nc1ncc(Br)cc1C(=O)NCC1CCCC1. The second-order valence-corrected chi connectivity index (χ2v) is 5.36. The van der Waals surface area contributed by atoms with Gasteiger partial charge in [-0.15, -0.1) is 0 Å². The van der Waals surface area contributed by atoms with E-state index in [4.69, 9.17) is 5.73 Å². The number of nitrogens with zero attached hydrogens (tertiary/aromatic N) is 1. The van der Waals surface area contributed by atoms with E-state index < -0.39 is 0 Å². The summed E-state index contributed by atoms with van der Waals surface area (Å²) in [6, 6.07) is 1.70. The summed E-state index contributed by atoms with van der Waals surface area (Å²) < 4.78 is 0.762. The molecule has 1 aromatic rings. The van der Waals surface area contributed by atoms with Crippen LogP contribution >= 0.6 is 15.9 Å². The fraction of sp³-hybridized carbons (Fsp3) is 0.500. The van der Waals surface area contributed by atoms with Crippen LogP contribution in [0.5, 0.6) is 0 Å². The Bertz CT molecular complexity index is 416. The minimum absolute atomic E-state index is 0.136. The summed E-state index contributed by atoms with van der Waals surface area (Å²) in [4.78, 5) is 15.9. The van der Waals surface area contributed by atoms with Crippen molar-refractivity contribution in [2.75, 3.05) is 12.3 Å². The molecule has 2 rings (SSSR count). The van der Waals surface area contributed by atoms with Gasteiger partial charge in [0, 0.05) is 17.2 Å². The highest BCUT2D eigenvalue weighted by molar-refractivity contribution is 9.10. The highest BCUT2D eigenvalue weighted by atomic mass is 79.9. The molecule has 92 valence electrons. The number of amides is 1. The maximum absolute atomic E-state index is 11.9. The maximum atomic E-state index is 11.9. The van der Waals surface area contributed by atoms with Crippen molar-refractivity contribution < 1.29 is 4.79 Å². The largest absolute Gasteiger partial charge is 0.383 e. The van der Waals surface area contributed by atoms with Gasteiger partial charge in [-0.2, -0.15) is 0 Å². The summed E-state index contributed by atoms with van der Waals surface area (Å²) in [6.07, 6.45) is 6.57. The molecule has 1 aromatic heterocycles. The monoisotopic (exact) mass is 297 g/mol. The molecule has 3 N–H and O–H groups in total. The van der Waals surface area contributed by atoms with Crippen LogP contribution in [-0.4, -0.2) is 17.4 Å². The third kappa shape index (κ3) is 3.19. The normalized spacial score (nSPS) is 16.1. The Kier molecular flexibility index (Phi) is 3.99. The van der Waals surface area contributed by atoms with Crippen molar-refractivity contribution in [1.29, 1.82) is 0 Å². The Morgan fingerprint density at radius 3 is 2.94 bits per heavy atom. The number of carbonyl (C=O) groups is 1. The molecule has 17 heavy (non-hydrogen) atoms. The van der Waals surface area contributed by atoms with E-state index in [0.29, 0.717) is 11.5 Å². The molecule has 0 aromatic carbocycles. The van der Waals surface area contributed by atoms with E-state index in [-0.39, 0.29) is 11.7 Å². The van der Waals surface area contributed by atoms with E-state index in [1.54, 1.807) is 12.3 Å². The molecule has 4 nitrogen and oxygen atoms in total. The molecule has 0 aliphatic heterocycles. The van der Waals surface area contributed by atoms with Crippen molar-refractivity contribution in [2.24, 2.45) is 5.92 Å². The van der Waals surface area contributed by atoms with Crippen molar-refractivity contribution in [2.45, 2.75) is 25.7 Å². The van der Waals surface area contributed by atoms with Gasteiger partial charge in [0.2, 0.25) is 0 Å². The Hall–Kier alpha value is -1.10. The Morgan fingerprint density at radius 1 is 1.53 bits per heavy atom. The summed E-state index contributed by atoms with van der Waals surface area (Å²) in [7, 11) is 0. The van der Waals surface area contributed by atoms with Crippen LogP contribution in [0.4, 0.5) is 5.82 Å². The first kappa shape index (κ1) is 12.4. The molecule has 0 bridgehead atoms. The average Bonchev–Trinajstić information content (AvgIpc) is 2.82. The Morgan fingerprint density at radius 2 is 2.24 bits per heavy atom. The predicted molar refractivity (Wildman–Crippen MR) is 70.6 cm³/mol. The number of pyridine rings is 1. The molecule has 0 unspecified atom stereocenters. The number of nitrogens with two attached hydrogens (primary N) is 1. The van der Waals surface area contributed by atoms with E-state index >= 15 is 0 Å². The molecule has 0 atom stereocenters. The van der Waals surface area contributed by atoms with Gasteiger partial charge in [0.15, 0.2) is 0 Å². The zero-order valence-electron chi connectivity index (χ0n) is 9.58. The quantitative estimate of drug-likeness (QED) is 0.900. The van der Waals surface area contributed by atoms with Gasteiger partial charge in [0.25, 0.3) is 5.91 Å². The number of rotatable bonds is 3. The van der Waals surface area contributed by atoms with Crippen molar-refractivity contribution >= 4 is 27.7 Å². The fourth-order valence-electron chi connectivity index (χ4n) is 2.18. The van der Waals surface area contributed by atoms with Crippen molar-refractivity contribution in [3.63, 3.8) is 0 Å².